The van der Waals surface area contributed by atoms with Crippen LogP contribution in [0.1, 0.15) is 53.7 Å². The zero-order chi connectivity index (χ0) is 29.1. The van der Waals surface area contributed by atoms with Gasteiger partial charge in [0, 0.05) is 41.7 Å². The van der Waals surface area contributed by atoms with E-state index in [9.17, 15) is 27.6 Å². The highest BCUT2D eigenvalue weighted by Gasteiger charge is 2.51. The molecular formula is C28H30F3N5O3S. The Labute approximate surface area is 233 Å². The van der Waals surface area contributed by atoms with Crippen LogP contribution in [0.25, 0.3) is 21.5 Å². The average molecular weight is 574 g/mol. The van der Waals surface area contributed by atoms with Crippen LogP contribution in [0.4, 0.5) is 13.2 Å². The smallest absolute Gasteiger partial charge is 0.337 e. The molecular weight excluding hydrogens is 543 g/mol. The molecule has 12 heteroatoms. The molecule has 3 aromatic rings. The monoisotopic (exact) mass is 573 g/mol. The number of rotatable bonds is 5. The van der Waals surface area contributed by atoms with Crippen molar-refractivity contribution < 1.29 is 27.6 Å². The van der Waals surface area contributed by atoms with Crippen molar-refractivity contribution >= 4 is 39.3 Å². The minimum absolute atomic E-state index is 0.0337. The van der Waals surface area contributed by atoms with Gasteiger partial charge in [0.2, 0.25) is 11.8 Å². The number of likely N-dealkylation sites (tertiary alicyclic amines) is 2. The third-order valence-electron chi connectivity index (χ3n) is 8.15. The van der Waals surface area contributed by atoms with Gasteiger partial charge in [-0.3, -0.25) is 24.3 Å². The predicted octanol–water partition coefficient (Wildman–Crippen LogP) is 4.65. The van der Waals surface area contributed by atoms with E-state index in [1.165, 1.54) is 29.4 Å². The molecule has 0 spiro atoms. The second kappa shape index (κ2) is 9.91. The molecule has 212 valence electrons. The highest BCUT2D eigenvalue weighted by molar-refractivity contribution is 7.19. The van der Waals surface area contributed by atoms with Gasteiger partial charge in [0.25, 0.3) is 5.91 Å². The number of amides is 3. The van der Waals surface area contributed by atoms with Gasteiger partial charge in [-0.05, 0) is 44.2 Å². The van der Waals surface area contributed by atoms with Gasteiger partial charge >= 0.3 is 6.18 Å². The number of carbonyl (C=O) groups excluding carboxylic acids is 3. The van der Waals surface area contributed by atoms with Crippen LogP contribution < -0.4 is 5.32 Å². The number of aryl methyl sites for hydroxylation is 1. The number of carbonyl (C=O) groups is 3. The van der Waals surface area contributed by atoms with E-state index in [4.69, 9.17) is 0 Å². The average Bonchev–Trinajstić information content (AvgIpc) is 3.58. The lowest BCUT2D eigenvalue weighted by Gasteiger charge is -2.21. The molecule has 2 aliphatic rings. The molecule has 3 aromatic heterocycles. The van der Waals surface area contributed by atoms with Crippen LogP contribution in [0.15, 0.2) is 24.4 Å². The zero-order valence-corrected chi connectivity index (χ0v) is 23.7. The van der Waals surface area contributed by atoms with E-state index in [0.717, 1.165) is 12.5 Å². The summed E-state index contributed by atoms with van der Waals surface area (Å²) in [4.78, 5) is 51.4. The van der Waals surface area contributed by atoms with E-state index in [-0.39, 0.29) is 47.1 Å². The maximum absolute atomic E-state index is 13.9. The summed E-state index contributed by atoms with van der Waals surface area (Å²) in [7, 11) is 1.81. The van der Waals surface area contributed by atoms with Crippen LogP contribution in [0.3, 0.4) is 0 Å². The van der Waals surface area contributed by atoms with Crippen LogP contribution in [0.5, 0.6) is 0 Å². The first kappa shape index (κ1) is 28.2. The SMILES string of the molecule is CNC1CCN(C(=O)c2c(C)cc(C(F)(F)F)nc2-c2ccnc3cc(CN4C(=O)C(C)C(C)(C)C4=O)sc23)C1. The number of imide groups is 1. The number of fused-ring (bicyclic) bond motifs is 1. The van der Waals surface area contributed by atoms with Crippen molar-refractivity contribution in [3.8, 4) is 11.3 Å². The first-order valence-corrected chi connectivity index (χ1v) is 13.8. The Morgan fingerprint density at radius 1 is 1.25 bits per heavy atom. The van der Waals surface area contributed by atoms with E-state index < -0.39 is 23.2 Å². The third-order valence-corrected chi connectivity index (χ3v) is 9.29. The zero-order valence-electron chi connectivity index (χ0n) is 22.8. The summed E-state index contributed by atoms with van der Waals surface area (Å²) < 4.78 is 42.1. The van der Waals surface area contributed by atoms with Gasteiger partial charge in [0.05, 0.1) is 33.4 Å². The quantitative estimate of drug-likeness (QED) is 0.447. The molecule has 0 aliphatic carbocycles. The second-order valence-electron chi connectivity index (χ2n) is 11.0. The lowest BCUT2D eigenvalue weighted by atomic mass is 9.82. The van der Waals surface area contributed by atoms with Gasteiger partial charge in [-0.25, -0.2) is 4.98 Å². The molecule has 1 N–H and O–H groups in total. The number of alkyl halides is 3. The Morgan fingerprint density at radius 2 is 1.98 bits per heavy atom. The van der Waals surface area contributed by atoms with Gasteiger partial charge < -0.3 is 10.2 Å². The van der Waals surface area contributed by atoms with Crippen molar-refractivity contribution in [1.82, 2.24) is 25.1 Å². The fourth-order valence-corrected chi connectivity index (χ4v) is 6.47. The number of nitrogens with zero attached hydrogens (tertiary/aromatic N) is 4. The Balaban J connectivity index is 1.61. The van der Waals surface area contributed by atoms with Crippen LogP contribution >= 0.6 is 11.3 Å². The topological polar surface area (TPSA) is 95.5 Å². The molecule has 5 rings (SSSR count). The predicted molar refractivity (Wildman–Crippen MR) is 144 cm³/mol. The Morgan fingerprint density at radius 3 is 2.58 bits per heavy atom. The molecule has 3 amide bonds. The number of nitrogens with one attached hydrogen (secondary N) is 1. The molecule has 0 radical (unpaired) electrons. The fourth-order valence-electron chi connectivity index (χ4n) is 5.35. The fraction of sp³-hybridized carbons (Fsp3) is 0.464. The van der Waals surface area contributed by atoms with Crippen LogP contribution in [-0.2, 0) is 22.3 Å². The Kier molecular flexibility index (Phi) is 6.98. The minimum Gasteiger partial charge on any atom is -0.337 e. The van der Waals surface area contributed by atoms with Gasteiger partial charge in [-0.2, -0.15) is 13.2 Å². The summed E-state index contributed by atoms with van der Waals surface area (Å²) in [5, 5.41) is 3.14. The molecule has 2 fully saturated rings. The summed E-state index contributed by atoms with van der Waals surface area (Å²) in [5.41, 5.74) is -0.847. The highest BCUT2D eigenvalue weighted by atomic mass is 32.1. The van der Waals surface area contributed by atoms with Crippen molar-refractivity contribution in [3.63, 3.8) is 0 Å². The van der Waals surface area contributed by atoms with Gasteiger partial charge in [0.1, 0.15) is 5.69 Å². The van der Waals surface area contributed by atoms with Crippen LogP contribution in [0.2, 0.25) is 0 Å². The van der Waals surface area contributed by atoms with Gasteiger partial charge in [-0.15, -0.1) is 11.3 Å². The maximum atomic E-state index is 13.9. The number of pyridine rings is 2. The molecule has 2 aliphatic heterocycles. The number of aromatic nitrogens is 2. The Bertz CT molecular complexity index is 1530. The van der Waals surface area contributed by atoms with Crippen molar-refractivity contribution in [1.29, 1.82) is 0 Å². The summed E-state index contributed by atoms with van der Waals surface area (Å²) >= 11 is 1.22. The van der Waals surface area contributed by atoms with Gasteiger partial charge in [-0.1, -0.05) is 20.8 Å². The number of hydrogen-bond acceptors (Lipinski definition) is 7. The number of hydrogen-bond donors (Lipinski definition) is 1. The lowest BCUT2D eigenvalue weighted by Crippen LogP contribution is -2.34. The first-order chi connectivity index (χ1) is 18.7. The molecule has 0 aromatic carbocycles. The van der Waals surface area contributed by atoms with Crippen molar-refractivity contribution in [2.45, 2.75) is 52.9 Å². The normalized spacial score (nSPS) is 21.2. The van der Waals surface area contributed by atoms with Crippen LogP contribution in [-0.4, -0.2) is 63.7 Å². The summed E-state index contributed by atoms with van der Waals surface area (Å²) in [6.07, 6.45) is -2.51. The summed E-state index contributed by atoms with van der Waals surface area (Å²) in [6, 6.07) is 4.29. The van der Waals surface area contributed by atoms with E-state index in [1.54, 1.807) is 37.8 Å². The van der Waals surface area contributed by atoms with Crippen molar-refractivity contribution in [2.24, 2.45) is 11.3 Å². The number of thiophene rings is 1. The van der Waals surface area contributed by atoms with Crippen molar-refractivity contribution in [3.05, 3.63) is 46.1 Å². The highest BCUT2D eigenvalue weighted by Crippen LogP contribution is 2.41. The molecule has 40 heavy (non-hydrogen) atoms. The number of likely N-dealkylation sites (N-methyl/N-ethyl adjacent to an activating group) is 1. The van der Waals surface area contributed by atoms with Gasteiger partial charge in [0.15, 0.2) is 0 Å². The molecule has 5 heterocycles. The molecule has 2 atom stereocenters. The standard InChI is InChI=1S/C28H30F3N5O3S/c1-14-10-20(28(29,30)31)34-22(21(14)25(38)35-9-7-16(12-35)32-5)18-6-8-33-19-11-17(40-23(18)19)13-36-24(37)15(2)27(3,4)26(36)39/h6,8,10-11,15-16,32H,7,9,12-13H2,1-5H3. The van der Waals surface area contributed by atoms with Crippen molar-refractivity contribution in [2.75, 3.05) is 20.1 Å². The summed E-state index contributed by atoms with van der Waals surface area (Å²) in [6.45, 7) is 7.65. The minimum atomic E-state index is -4.71. The Hall–Kier alpha value is -3.38. The summed E-state index contributed by atoms with van der Waals surface area (Å²) in [5.74, 6) is -1.39. The molecule has 8 nitrogen and oxygen atoms in total. The van der Waals surface area contributed by atoms with E-state index in [0.29, 0.717) is 33.7 Å². The second-order valence-corrected chi connectivity index (χ2v) is 12.2. The number of halogens is 3. The molecule has 2 saturated heterocycles. The van der Waals surface area contributed by atoms with E-state index in [2.05, 4.69) is 15.3 Å². The molecule has 0 saturated carbocycles. The third kappa shape index (κ3) is 4.66. The molecule has 0 bridgehead atoms. The van der Waals surface area contributed by atoms with Crippen LogP contribution in [0, 0.1) is 18.3 Å². The lowest BCUT2D eigenvalue weighted by molar-refractivity contribution is -0.142. The molecule has 2 unspecified atom stereocenters. The van der Waals surface area contributed by atoms with E-state index >= 15 is 0 Å². The van der Waals surface area contributed by atoms with E-state index in [1.807, 2.05) is 7.05 Å². The largest absolute Gasteiger partial charge is 0.433 e. The first-order valence-electron chi connectivity index (χ1n) is 13.0. The maximum Gasteiger partial charge on any atom is 0.433 e.